The van der Waals surface area contributed by atoms with E-state index in [4.69, 9.17) is 23.2 Å². The average Bonchev–Trinajstić information content (AvgIpc) is 2.30. The van der Waals surface area contributed by atoms with E-state index < -0.39 is 0 Å². The molecule has 0 aliphatic carbocycles. The van der Waals surface area contributed by atoms with Crippen molar-refractivity contribution in [3.63, 3.8) is 0 Å². The van der Waals surface area contributed by atoms with Gasteiger partial charge in [-0.1, -0.05) is 23.2 Å². The van der Waals surface area contributed by atoms with Crippen LogP contribution >= 0.6 is 23.2 Å². The first kappa shape index (κ1) is 13.9. The summed E-state index contributed by atoms with van der Waals surface area (Å²) >= 11 is 11.9. The average molecular weight is 277 g/mol. The first-order chi connectivity index (χ1) is 8.08. The third kappa shape index (κ3) is 3.94. The van der Waals surface area contributed by atoms with E-state index in [0.717, 1.165) is 0 Å². The van der Waals surface area contributed by atoms with Crippen molar-refractivity contribution < 1.29 is 4.79 Å². The highest BCUT2D eigenvalue weighted by atomic mass is 35.5. The highest BCUT2D eigenvalue weighted by molar-refractivity contribution is 6.37. The molecule has 1 rings (SSSR count). The Bertz CT molecular complexity index is 412. The lowest BCUT2D eigenvalue weighted by molar-refractivity contribution is -0.118. The van der Waals surface area contributed by atoms with Crippen molar-refractivity contribution >= 4 is 40.7 Å². The number of likely N-dealkylation sites (N-methyl/N-ethyl adjacent to an activating group) is 1. The van der Waals surface area contributed by atoms with Crippen molar-refractivity contribution in [2.45, 2.75) is 6.92 Å². The van der Waals surface area contributed by atoms with E-state index in [0.29, 0.717) is 28.2 Å². The molecule has 1 amide bonds. The van der Waals surface area contributed by atoms with Gasteiger partial charge < -0.3 is 16.0 Å². The Morgan fingerprint density at radius 3 is 2.41 bits per heavy atom. The second kappa shape index (κ2) is 6.51. The lowest BCUT2D eigenvalue weighted by Crippen LogP contribution is -2.26. The Balaban J connectivity index is 2.83. The minimum Gasteiger partial charge on any atom is -0.369 e. The van der Waals surface area contributed by atoms with Gasteiger partial charge in [0.2, 0.25) is 5.91 Å². The highest BCUT2D eigenvalue weighted by Crippen LogP contribution is 2.28. The maximum absolute atomic E-state index is 11.1. The number of pyridine rings is 1. The van der Waals surface area contributed by atoms with Crippen LogP contribution in [0.5, 0.6) is 0 Å². The monoisotopic (exact) mass is 276 g/mol. The van der Waals surface area contributed by atoms with Crippen molar-refractivity contribution in [3.05, 3.63) is 16.1 Å². The molecule has 0 aromatic carbocycles. The van der Waals surface area contributed by atoms with Gasteiger partial charge in [-0.2, -0.15) is 0 Å². The van der Waals surface area contributed by atoms with Crippen LogP contribution in [-0.4, -0.2) is 31.0 Å². The predicted molar refractivity (Wildman–Crippen MR) is 71.0 cm³/mol. The molecular formula is C10H14Cl2N4O. The summed E-state index contributed by atoms with van der Waals surface area (Å²) in [6.45, 7) is 2.74. The van der Waals surface area contributed by atoms with Gasteiger partial charge in [-0.15, -0.1) is 0 Å². The number of aromatic nitrogens is 1. The number of carbonyl (C=O) groups is 1. The molecule has 0 bridgehead atoms. The zero-order valence-corrected chi connectivity index (χ0v) is 11.1. The zero-order chi connectivity index (χ0) is 12.8. The van der Waals surface area contributed by atoms with Gasteiger partial charge in [-0.25, -0.2) is 4.98 Å². The standard InChI is InChI=1S/C10H14Cl2N4O/c1-3-14-9-6(11)4-7(12)10(16-9)15-5-8(17)13-2/h4H,3,5H2,1-2H3,(H,13,17)(H2,14,15,16). The van der Waals surface area contributed by atoms with Crippen molar-refractivity contribution in [2.75, 3.05) is 30.8 Å². The number of halogens is 2. The van der Waals surface area contributed by atoms with Crippen LogP contribution in [-0.2, 0) is 4.79 Å². The summed E-state index contributed by atoms with van der Waals surface area (Å²) < 4.78 is 0. The molecule has 94 valence electrons. The first-order valence-corrected chi connectivity index (χ1v) is 5.88. The molecular weight excluding hydrogens is 263 g/mol. The summed E-state index contributed by atoms with van der Waals surface area (Å²) in [6, 6.07) is 1.58. The van der Waals surface area contributed by atoms with Crippen LogP contribution in [0, 0.1) is 0 Å². The van der Waals surface area contributed by atoms with Crippen molar-refractivity contribution in [2.24, 2.45) is 0 Å². The first-order valence-electron chi connectivity index (χ1n) is 5.12. The van der Waals surface area contributed by atoms with Gasteiger partial charge in [0.05, 0.1) is 16.6 Å². The Kier molecular flexibility index (Phi) is 5.31. The minimum absolute atomic E-state index is 0.108. The lowest BCUT2D eigenvalue weighted by atomic mass is 10.4. The molecule has 0 atom stereocenters. The van der Waals surface area contributed by atoms with Gasteiger partial charge in [0.25, 0.3) is 0 Å². The fourth-order valence-electron chi connectivity index (χ4n) is 1.13. The Hall–Kier alpha value is -1.20. The molecule has 0 spiro atoms. The maximum atomic E-state index is 11.1. The van der Waals surface area contributed by atoms with Crippen LogP contribution in [0.25, 0.3) is 0 Å². The lowest BCUT2D eigenvalue weighted by Gasteiger charge is -2.11. The number of carbonyl (C=O) groups excluding carboxylic acids is 1. The topological polar surface area (TPSA) is 66.0 Å². The molecule has 0 aliphatic heterocycles. The molecule has 0 aliphatic rings. The van der Waals surface area contributed by atoms with E-state index in [-0.39, 0.29) is 12.5 Å². The largest absolute Gasteiger partial charge is 0.369 e. The highest BCUT2D eigenvalue weighted by Gasteiger charge is 2.09. The molecule has 1 heterocycles. The maximum Gasteiger partial charge on any atom is 0.239 e. The van der Waals surface area contributed by atoms with Crippen LogP contribution < -0.4 is 16.0 Å². The fourth-order valence-corrected chi connectivity index (χ4v) is 1.63. The molecule has 0 fully saturated rings. The fraction of sp³-hybridized carbons (Fsp3) is 0.400. The van der Waals surface area contributed by atoms with E-state index in [9.17, 15) is 4.79 Å². The third-order valence-corrected chi connectivity index (χ3v) is 2.55. The number of amides is 1. The second-order valence-electron chi connectivity index (χ2n) is 3.21. The summed E-state index contributed by atoms with van der Waals surface area (Å²) in [5.74, 6) is 0.816. The van der Waals surface area contributed by atoms with Gasteiger partial charge in [0, 0.05) is 13.6 Å². The van der Waals surface area contributed by atoms with E-state index in [1.54, 1.807) is 13.1 Å². The molecule has 1 aromatic rings. The molecule has 3 N–H and O–H groups in total. The summed E-state index contributed by atoms with van der Waals surface area (Å²) in [4.78, 5) is 15.3. The number of nitrogens with zero attached hydrogens (tertiary/aromatic N) is 1. The molecule has 1 aromatic heterocycles. The summed E-state index contributed by atoms with van der Waals surface area (Å²) in [6.07, 6.45) is 0. The van der Waals surface area contributed by atoms with Crippen molar-refractivity contribution in [1.29, 1.82) is 0 Å². The van der Waals surface area contributed by atoms with Crippen molar-refractivity contribution in [1.82, 2.24) is 10.3 Å². The number of anilines is 2. The van der Waals surface area contributed by atoms with Gasteiger partial charge in [0.1, 0.15) is 11.6 Å². The van der Waals surface area contributed by atoms with E-state index >= 15 is 0 Å². The van der Waals surface area contributed by atoms with Crippen LogP contribution in [0.4, 0.5) is 11.6 Å². The van der Waals surface area contributed by atoms with Gasteiger partial charge >= 0.3 is 0 Å². The van der Waals surface area contributed by atoms with Crippen LogP contribution in [0.2, 0.25) is 10.0 Å². The molecule has 0 unspecified atom stereocenters. The normalized spacial score (nSPS) is 9.88. The molecule has 7 heteroatoms. The quantitative estimate of drug-likeness (QED) is 0.770. The Morgan fingerprint density at radius 2 is 1.88 bits per heavy atom. The molecule has 5 nitrogen and oxygen atoms in total. The number of nitrogens with one attached hydrogen (secondary N) is 3. The number of rotatable bonds is 5. The molecule has 0 radical (unpaired) electrons. The summed E-state index contributed by atoms with van der Waals surface area (Å²) in [5.41, 5.74) is 0. The number of hydrogen-bond acceptors (Lipinski definition) is 4. The predicted octanol–water partition coefficient (Wildman–Crippen LogP) is 1.98. The SMILES string of the molecule is CCNc1nc(NCC(=O)NC)c(Cl)cc1Cl. The van der Waals surface area contributed by atoms with Crippen molar-refractivity contribution in [3.8, 4) is 0 Å². The molecule has 17 heavy (non-hydrogen) atoms. The molecule has 0 saturated heterocycles. The second-order valence-corrected chi connectivity index (χ2v) is 4.02. The van der Waals surface area contributed by atoms with Gasteiger partial charge in [0.15, 0.2) is 0 Å². The zero-order valence-electron chi connectivity index (χ0n) is 9.60. The van der Waals surface area contributed by atoms with Crippen LogP contribution in [0.15, 0.2) is 6.07 Å². The minimum atomic E-state index is -0.150. The Labute approximate surface area is 110 Å². The third-order valence-electron chi connectivity index (χ3n) is 1.97. The summed E-state index contributed by atoms with van der Waals surface area (Å²) in [7, 11) is 1.56. The number of hydrogen-bond donors (Lipinski definition) is 3. The van der Waals surface area contributed by atoms with E-state index in [2.05, 4.69) is 20.9 Å². The van der Waals surface area contributed by atoms with E-state index in [1.807, 2.05) is 6.92 Å². The van der Waals surface area contributed by atoms with Gasteiger partial charge in [-0.05, 0) is 13.0 Å². The van der Waals surface area contributed by atoms with Crippen LogP contribution in [0.3, 0.4) is 0 Å². The van der Waals surface area contributed by atoms with Crippen LogP contribution in [0.1, 0.15) is 6.92 Å². The smallest absolute Gasteiger partial charge is 0.239 e. The van der Waals surface area contributed by atoms with Gasteiger partial charge in [-0.3, -0.25) is 4.79 Å². The van der Waals surface area contributed by atoms with E-state index in [1.165, 1.54) is 0 Å². The molecule has 0 saturated carbocycles. The Morgan fingerprint density at radius 1 is 1.29 bits per heavy atom. The summed E-state index contributed by atoms with van der Waals surface area (Å²) in [5, 5.41) is 9.15.